The van der Waals surface area contributed by atoms with Crippen LogP contribution in [0, 0.1) is 47.8 Å². The summed E-state index contributed by atoms with van der Waals surface area (Å²) in [7, 11) is 0. The standard InChI is InChI=1S/C39H49N2O4S2.BrH/c1-8-37(6)20-32(38(7)26(4)9-13-39(27(5)35(37)44)14-10-31(42)34(38)39)45-33(43)23-47-36-40-30(22-46-36)29-11-15-41(16-12-29)21-28-18-24(2)17-25(3)19-28;/h8,11-12,15-19,22,26-27,32,34-35,44H,1,9-10,13-14,20-21,23H2,2-7H3;1H/q+1;/p-1/t26-,27+,32-,34+,35+,37-,38+,39+;/m1./s1. The maximum Gasteiger partial charge on any atom is 0.316 e. The number of aryl methyl sites for hydroxylation is 2. The number of hydrogen-bond acceptors (Lipinski definition) is 7. The van der Waals surface area contributed by atoms with E-state index in [9.17, 15) is 14.7 Å². The normalized spacial score (nSPS) is 32.8. The second-order valence-electron chi connectivity index (χ2n) is 15.1. The zero-order valence-electron chi connectivity index (χ0n) is 29.0. The van der Waals surface area contributed by atoms with E-state index in [0.29, 0.717) is 12.8 Å². The molecule has 3 aliphatic rings. The predicted molar refractivity (Wildman–Crippen MR) is 188 cm³/mol. The third-order valence-electron chi connectivity index (χ3n) is 12.2. The van der Waals surface area contributed by atoms with Crippen molar-refractivity contribution in [3.8, 4) is 11.3 Å². The molecule has 2 aromatic heterocycles. The first kappa shape index (κ1) is 36.9. The van der Waals surface area contributed by atoms with Gasteiger partial charge in [-0.3, -0.25) is 9.59 Å². The molecule has 1 N–H and O–H groups in total. The molecule has 2 bridgehead atoms. The number of aromatic nitrogens is 2. The number of thiazole rings is 1. The van der Waals surface area contributed by atoms with E-state index in [1.165, 1.54) is 39.8 Å². The van der Waals surface area contributed by atoms with Crippen molar-refractivity contribution in [2.45, 2.75) is 96.7 Å². The SMILES string of the molecule is C=C[C@]1(C)C[C@@H](OC(=O)CSc2nc(-c3cc[n+](Cc4cc(C)cc(C)c4)cc3)cs2)[C@]2(C)[C@H](C)CC[C@]3(CCC(=O)[C@H]32)[C@@H](C)[C@@H]1O.[Br-]. The van der Waals surface area contributed by atoms with Gasteiger partial charge in [0, 0.05) is 51.8 Å². The summed E-state index contributed by atoms with van der Waals surface area (Å²) in [4.78, 5) is 32.0. The van der Waals surface area contributed by atoms with Crippen LogP contribution in [0.4, 0.5) is 0 Å². The zero-order valence-corrected chi connectivity index (χ0v) is 32.2. The summed E-state index contributed by atoms with van der Waals surface area (Å²) in [5.41, 5.74) is 4.29. The van der Waals surface area contributed by atoms with Crippen LogP contribution in [0.15, 0.2) is 65.1 Å². The molecule has 258 valence electrons. The number of aliphatic hydroxyl groups excluding tert-OH is 1. The molecule has 0 amide bonds. The van der Waals surface area contributed by atoms with Gasteiger partial charge in [-0.1, -0.05) is 62.7 Å². The second kappa shape index (κ2) is 14.1. The third kappa shape index (κ3) is 6.61. The average Bonchev–Trinajstić information content (AvgIpc) is 3.66. The molecule has 3 saturated carbocycles. The van der Waals surface area contributed by atoms with Crippen molar-refractivity contribution in [2.75, 3.05) is 5.75 Å². The lowest BCUT2D eigenvalue weighted by Gasteiger charge is -2.61. The van der Waals surface area contributed by atoms with Crippen molar-refractivity contribution in [2.24, 2.45) is 34.0 Å². The van der Waals surface area contributed by atoms with Gasteiger partial charge in [0.2, 0.25) is 0 Å². The largest absolute Gasteiger partial charge is 1.00 e. The van der Waals surface area contributed by atoms with Crippen LogP contribution >= 0.6 is 23.1 Å². The van der Waals surface area contributed by atoms with Crippen LogP contribution in [0.2, 0.25) is 0 Å². The molecule has 3 fully saturated rings. The van der Waals surface area contributed by atoms with Gasteiger partial charge in [-0.15, -0.1) is 17.9 Å². The topological polar surface area (TPSA) is 80.4 Å². The zero-order chi connectivity index (χ0) is 33.7. The van der Waals surface area contributed by atoms with Gasteiger partial charge in [-0.05, 0) is 68.9 Å². The summed E-state index contributed by atoms with van der Waals surface area (Å²) in [5, 5.41) is 13.8. The molecule has 6 nitrogen and oxygen atoms in total. The number of ketones is 1. The molecule has 3 aliphatic carbocycles. The highest BCUT2D eigenvalue weighted by Gasteiger charge is 2.68. The summed E-state index contributed by atoms with van der Waals surface area (Å²) in [6, 6.07) is 10.8. The minimum absolute atomic E-state index is 0. The van der Waals surface area contributed by atoms with Crippen LogP contribution in [-0.4, -0.2) is 39.8 Å². The summed E-state index contributed by atoms with van der Waals surface area (Å²) >= 11 is 2.91. The van der Waals surface area contributed by atoms with Crippen molar-refractivity contribution in [3.05, 3.63) is 77.5 Å². The Bertz CT molecular complexity index is 1660. The van der Waals surface area contributed by atoms with Gasteiger partial charge in [0.05, 0.1) is 17.6 Å². The number of pyridine rings is 1. The highest BCUT2D eigenvalue weighted by molar-refractivity contribution is 8.01. The minimum Gasteiger partial charge on any atom is -1.00 e. The number of hydrogen-bond donors (Lipinski definition) is 1. The second-order valence-corrected chi connectivity index (χ2v) is 17.2. The molecule has 6 rings (SSSR count). The van der Waals surface area contributed by atoms with Gasteiger partial charge in [-0.2, -0.15) is 0 Å². The number of aliphatic hydroxyl groups is 1. The number of Topliss-reactive ketones (excluding diaryl/α,β-unsaturated/α-hetero) is 1. The van der Waals surface area contributed by atoms with Gasteiger partial charge in [-0.25, -0.2) is 9.55 Å². The first-order chi connectivity index (χ1) is 22.3. The molecule has 8 atom stereocenters. The molecule has 0 spiro atoms. The van der Waals surface area contributed by atoms with Gasteiger partial charge >= 0.3 is 5.97 Å². The number of rotatable bonds is 8. The lowest BCUT2D eigenvalue weighted by atomic mass is 9.44. The number of carbonyl (C=O) groups is 2. The number of ether oxygens (including phenoxy) is 1. The highest BCUT2D eigenvalue weighted by atomic mass is 79.9. The first-order valence-corrected chi connectivity index (χ1v) is 18.8. The molecule has 1 aromatic carbocycles. The van der Waals surface area contributed by atoms with Crippen LogP contribution in [0.1, 0.15) is 76.5 Å². The fraction of sp³-hybridized carbons (Fsp3) is 0.538. The van der Waals surface area contributed by atoms with Crippen molar-refractivity contribution < 1.29 is 41.0 Å². The lowest BCUT2D eigenvalue weighted by Crippen LogP contribution is -3.00. The van der Waals surface area contributed by atoms with Gasteiger partial charge in [0.1, 0.15) is 11.9 Å². The monoisotopic (exact) mass is 752 g/mol. The highest BCUT2D eigenvalue weighted by Crippen LogP contribution is 2.68. The van der Waals surface area contributed by atoms with Crippen molar-refractivity contribution in [3.63, 3.8) is 0 Å². The Kier molecular flexibility index (Phi) is 10.9. The number of esters is 1. The van der Waals surface area contributed by atoms with Crippen molar-refractivity contribution in [1.29, 1.82) is 0 Å². The Balaban J connectivity index is 0.00000451. The predicted octanol–water partition coefficient (Wildman–Crippen LogP) is 4.77. The average molecular weight is 754 g/mol. The van der Waals surface area contributed by atoms with Crippen LogP contribution in [0.3, 0.4) is 0 Å². The van der Waals surface area contributed by atoms with Crippen LogP contribution in [-0.2, 0) is 20.9 Å². The van der Waals surface area contributed by atoms with Gasteiger partial charge < -0.3 is 26.8 Å². The molecule has 0 saturated heterocycles. The van der Waals surface area contributed by atoms with E-state index in [4.69, 9.17) is 9.72 Å². The number of nitrogens with zero attached hydrogens (tertiary/aromatic N) is 2. The van der Waals surface area contributed by atoms with Crippen molar-refractivity contribution >= 4 is 34.9 Å². The quantitative estimate of drug-likeness (QED) is 0.155. The Morgan fingerprint density at radius 2 is 1.85 bits per heavy atom. The molecular formula is C39H49BrN2O4S2. The summed E-state index contributed by atoms with van der Waals surface area (Å²) in [5.74, 6) is 0.0156. The van der Waals surface area contributed by atoms with E-state index in [1.807, 2.05) is 18.4 Å². The smallest absolute Gasteiger partial charge is 0.316 e. The Hall–Kier alpha value is -2.33. The molecular weight excluding hydrogens is 704 g/mol. The fourth-order valence-corrected chi connectivity index (χ4v) is 11.0. The molecule has 2 heterocycles. The fourth-order valence-electron chi connectivity index (χ4n) is 9.38. The maximum absolute atomic E-state index is 13.6. The van der Waals surface area contributed by atoms with Gasteiger partial charge in [0.25, 0.3) is 0 Å². The van der Waals surface area contributed by atoms with Crippen LogP contribution < -0.4 is 21.5 Å². The van der Waals surface area contributed by atoms with E-state index < -0.39 is 23.0 Å². The Morgan fingerprint density at radius 1 is 1.17 bits per heavy atom. The lowest BCUT2D eigenvalue weighted by molar-refractivity contribution is -0.688. The van der Waals surface area contributed by atoms with E-state index >= 15 is 0 Å². The van der Waals surface area contributed by atoms with E-state index in [0.717, 1.165) is 41.4 Å². The Morgan fingerprint density at radius 3 is 2.52 bits per heavy atom. The number of benzene rings is 1. The minimum atomic E-state index is -0.671. The van der Waals surface area contributed by atoms with Crippen molar-refractivity contribution in [1.82, 2.24) is 4.98 Å². The number of halogens is 1. The molecule has 0 radical (unpaired) electrons. The summed E-state index contributed by atoms with van der Waals surface area (Å²) < 4.78 is 9.39. The van der Waals surface area contributed by atoms with Crippen LogP contribution in [0.25, 0.3) is 11.3 Å². The van der Waals surface area contributed by atoms with Crippen LogP contribution in [0.5, 0.6) is 0 Å². The van der Waals surface area contributed by atoms with E-state index in [1.54, 1.807) is 0 Å². The molecule has 0 unspecified atom stereocenters. The van der Waals surface area contributed by atoms with E-state index in [-0.39, 0.29) is 57.7 Å². The first-order valence-electron chi connectivity index (χ1n) is 17.0. The number of thioether (sulfide) groups is 1. The Labute approximate surface area is 304 Å². The molecule has 0 aliphatic heterocycles. The molecule has 48 heavy (non-hydrogen) atoms. The van der Waals surface area contributed by atoms with E-state index in [2.05, 4.69) is 88.5 Å². The molecule has 9 heteroatoms. The summed E-state index contributed by atoms with van der Waals surface area (Å²) in [6.45, 7) is 17.7. The number of carbonyl (C=O) groups excluding carboxylic acids is 2. The maximum atomic E-state index is 13.6. The molecule has 3 aromatic rings. The van der Waals surface area contributed by atoms with Gasteiger partial charge in [0.15, 0.2) is 23.3 Å². The third-order valence-corrected chi connectivity index (χ3v) is 14.2. The summed E-state index contributed by atoms with van der Waals surface area (Å²) in [6.07, 6.45) is 8.47.